The van der Waals surface area contributed by atoms with Crippen LogP contribution in [0.25, 0.3) is 6.08 Å². The van der Waals surface area contributed by atoms with E-state index in [-0.39, 0.29) is 31.2 Å². The van der Waals surface area contributed by atoms with Crippen molar-refractivity contribution >= 4 is 23.9 Å². The van der Waals surface area contributed by atoms with E-state index in [4.69, 9.17) is 9.47 Å². The fraction of sp³-hybridized carbons (Fsp3) is 0.522. The van der Waals surface area contributed by atoms with Crippen molar-refractivity contribution in [3.05, 3.63) is 35.4 Å². The summed E-state index contributed by atoms with van der Waals surface area (Å²) < 4.78 is 10.5. The third kappa shape index (κ3) is 10.1. The van der Waals surface area contributed by atoms with Gasteiger partial charge in [0.15, 0.2) is 0 Å². The Morgan fingerprint density at radius 1 is 0.967 bits per heavy atom. The summed E-state index contributed by atoms with van der Waals surface area (Å²) >= 11 is 0. The molecule has 7 heteroatoms. The Bertz CT molecular complexity index is 711. The van der Waals surface area contributed by atoms with Gasteiger partial charge in [-0.05, 0) is 51.0 Å². The lowest BCUT2D eigenvalue weighted by atomic mass is 10.1. The van der Waals surface area contributed by atoms with Crippen molar-refractivity contribution in [3.8, 4) is 5.75 Å². The summed E-state index contributed by atoms with van der Waals surface area (Å²) in [7, 11) is 0. The van der Waals surface area contributed by atoms with Gasteiger partial charge in [0, 0.05) is 13.1 Å². The third-order valence-electron chi connectivity index (χ3n) is 4.04. The molecule has 0 aliphatic carbocycles. The monoisotopic (exact) mass is 418 g/mol. The van der Waals surface area contributed by atoms with E-state index in [0.29, 0.717) is 17.9 Å². The largest absolute Gasteiger partial charge is 0.491 e. The van der Waals surface area contributed by atoms with Crippen molar-refractivity contribution < 1.29 is 23.9 Å². The van der Waals surface area contributed by atoms with Crippen LogP contribution in [-0.4, -0.2) is 43.6 Å². The van der Waals surface area contributed by atoms with Gasteiger partial charge in [-0.1, -0.05) is 31.9 Å². The Labute approximate surface area is 179 Å². The first-order chi connectivity index (χ1) is 14.4. The van der Waals surface area contributed by atoms with Crippen LogP contribution in [0.3, 0.4) is 0 Å². The molecule has 0 aliphatic rings. The van der Waals surface area contributed by atoms with Crippen molar-refractivity contribution in [1.82, 2.24) is 10.6 Å². The van der Waals surface area contributed by atoms with E-state index in [9.17, 15) is 14.4 Å². The van der Waals surface area contributed by atoms with E-state index in [1.807, 2.05) is 13.8 Å². The lowest BCUT2D eigenvalue weighted by molar-refractivity contribution is -0.142. The number of carbonyl (C=O) groups excluding carboxylic acids is 3. The maximum Gasteiger partial charge on any atom is 0.307 e. The maximum atomic E-state index is 12.6. The third-order valence-corrected chi connectivity index (χ3v) is 4.04. The first-order valence-corrected chi connectivity index (χ1v) is 10.6. The number of ether oxygens (including phenoxy) is 2. The number of carbonyl (C=O) groups is 3. The van der Waals surface area contributed by atoms with Crippen LogP contribution in [0.4, 0.5) is 0 Å². The number of hydrogen-bond acceptors (Lipinski definition) is 5. The van der Waals surface area contributed by atoms with Crippen LogP contribution in [0.2, 0.25) is 0 Å². The molecule has 0 aromatic heterocycles. The highest BCUT2D eigenvalue weighted by Gasteiger charge is 2.18. The number of rotatable bonds is 13. The van der Waals surface area contributed by atoms with Crippen LogP contribution in [0.5, 0.6) is 5.75 Å². The van der Waals surface area contributed by atoms with Crippen LogP contribution in [-0.2, 0) is 19.1 Å². The first-order valence-electron chi connectivity index (χ1n) is 10.6. The fourth-order valence-corrected chi connectivity index (χ4v) is 2.59. The normalized spacial score (nSPS) is 11.2. The topological polar surface area (TPSA) is 93.7 Å². The molecule has 2 amide bonds. The highest BCUT2D eigenvalue weighted by Crippen LogP contribution is 2.16. The predicted molar refractivity (Wildman–Crippen MR) is 117 cm³/mol. The summed E-state index contributed by atoms with van der Waals surface area (Å²) in [6.07, 6.45) is 4.53. The smallest absolute Gasteiger partial charge is 0.307 e. The summed E-state index contributed by atoms with van der Waals surface area (Å²) in [5, 5.41) is 5.41. The molecular weight excluding hydrogens is 384 g/mol. The van der Waals surface area contributed by atoms with Gasteiger partial charge in [-0.25, -0.2) is 0 Å². The number of unbranched alkanes of at least 4 members (excludes halogenated alkanes) is 2. The molecule has 1 aromatic carbocycles. The highest BCUT2D eigenvalue weighted by atomic mass is 16.5. The molecule has 0 radical (unpaired) electrons. The quantitative estimate of drug-likeness (QED) is 0.169. The van der Waals surface area contributed by atoms with Gasteiger partial charge in [0.05, 0.1) is 19.1 Å². The zero-order chi connectivity index (χ0) is 22.4. The van der Waals surface area contributed by atoms with E-state index in [2.05, 4.69) is 17.6 Å². The van der Waals surface area contributed by atoms with Crippen molar-refractivity contribution in [2.24, 2.45) is 0 Å². The number of esters is 1. The average Bonchev–Trinajstić information content (AvgIpc) is 2.70. The first kappa shape index (κ1) is 25.2. The second-order valence-corrected chi connectivity index (χ2v) is 7.07. The van der Waals surface area contributed by atoms with E-state index >= 15 is 0 Å². The van der Waals surface area contributed by atoms with Gasteiger partial charge in [-0.3, -0.25) is 14.4 Å². The van der Waals surface area contributed by atoms with Crippen molar-refractivity contribution in [2.75, 3.05) is 19.7 Å². The molecule has 7 nitrogen and oxygen atoms in total. The Morgan fingerprint density at radius 3 is 2.17 bits per heavy atom. The molecule has 1 aromatic rings. The molecule has 0 saturated heterocycles. The van der Waals surface area contributed by atoms with Crippen molar-refractivity contribution in [1.29, 1.82) is 0 Å². The lowest BCUT2D eigenvalue weighted by Crippen LogP contribution is -2.36. The van der Waals surface area contributed by atoms with Crippen LogP contribution >= 0.6 is 0 Å². The highest BCUT2D eigenvalue weighted by molar-refractivity contribution is 6.21. The zero-order valence-electron chi connectivity index (χ0n) is 18.5. The number of amides is 2. The molecule has 0 heterocycles. The molecule has 0 bridgehead atoms. The fourth-order valence-electron chi connectivity index (χ4n) is 2.59. The minimum atomic E-state index is -0.533. The summed E-state index contributed by atoms with van der Waals surface area (Å²) in [6, 6.07) is 7.16. The van der Waals surface area contributed by atoms with Gasteiger partial charge < -0.3 is 20.1 Å². The Balaban J connectivity index is 2.87. The van der Waals surface area contributed by atoms with Gasteiger partial charge in [-0.2, -0.15) is 0 Å². The second-order valence-electron chi connectivity index (χ2n) is 7.07. The number of benzene rings is 1. The molecule has 166 valence electrons. The van der Waals surface area contributed by atoms with Crippen LogP contribution in [0.15, 0.2) is 29.8 Å². The molecule has 30 heavy (non-hydrogen) atoms. The lowest BCUT2D eigenvalue weighted by Gasteiger charge is -2.11. The van der Waals surface area contributed by atoms with E-state index in [0.717, 1.165) is 19.3 Å². The Kier molecular flexibility index (Phi) is 11.9. The van der Waals surface area contributed by atoms with Gasteiger partial charge >= 0.3 is 5.97 Å². The van der Waals surface area contributed by atoms with Gasteiger partial charge in [0.2, 0.25) is 0 Å². The molecule has 0 unspecified atom stereocenters. The molecule has 1 rings (SSSR count). The maximum absolute atomic E-state index is 12.6. The standard InChI is InChI=1S/C23H34N2O5/c1-5-7-8-14-24-22(27)20(23(28)25-15-13-21(26)29-6-2)16-18-9-11-19(12-10-18)30-17(3)4/h9-12,16-17H,5-8,13-15H2,1-4H3,(H,24,27)(H,25,28)/b20-16+. The summed E-state index contributed by atoms with van der Waals surface area (Å²) in [6.45, 7) is 8.56. The van der Waals surface area contributed by atoms with Crippen molar-refractivity contribution in [3.63, 3.8) is 0 Å². The molecule has 0 atom stereocenters. The number of hydrogen-bond donors (Lipinski definition) is 2. The average molecular weight is 419 g/mol. The predicted octanol–water partition coefficient (Wildman–Crippen LogP) is 3.23. The summed E-state index contributed by atoms with van der Waals surface area (Å²) in [4.78, 5) is 36.7. The molecule has 0 saturated carbocycles. The molecule has 0 aliphatic heterocycles. The van der Waals surface area contributed by atoms with Gasteiger partial charge in [-0.15, -0.1) is 0 Å². The molecule has 0 fully saturated rings. The summed E-state index contributed by atoms with van der Waals surface area (Å²) in [5.74, 6) is -0.656. The molecular formula is C23H34N2O5. The van der Waals surface area contributed by atoms with Gasteiger partial charge in [0.25, 0.3) is 11.8 Å². The Morgan fingerprint density at radius 2 is 1.60 bits per heavy atom. The van der Waals surface area contributed by atoms with E-state index in [1.54, 1.807) is 31.2 Å². The van der Waals surface area contributed by atoms with E-state index in [1.165, 1.54) is 6.08 Å². The zero-order valence-corrected chi connectivity index (χ0v) is 18.5. The van der Waals surface area contributed by atoms with Crippen LogP contribution < -0.4 is 15.4 Å². The minimum absolute atomic E-state index is 0.00659. The van der Waals surface area contributed by atoms with Gasteiger partial charge in [0.1, 0.15) is 11.3 Å². The Hall–Kier alpha value is -2.83. The minimum Gasteiger partial charge on any atom is -0.491 e. The second kappa shape index (κ2) is 14.2. The molecule has 2 N–H and O–H groups in total. The van der Waals surface area contributed by atoms with Crippen molar-refractivity contribution in [2.45, 2.75) is 59.5 Å². The summed E-state index contributed by atoms with van der Waals surface area (Å²) in [5.41, 5.74) is 0.693. The SMILES string of the molecule is CCCCCNC(=O)/C(=C\c1ccc(OC(C)C)cc1)C(=O)NCCC(=O)OCC. The molecule has 0 spiro atoms. The van der Waals surface area contributed by atoms with Crippen LogP contribution in [0, 0.1) is 0 Å². The van der Waals surface area contributed by atoms with Crippen LogP contribution in [0.1, 0.15) is 58.9 Å². The van der Waals surface area contributed by atoms with E-state index < -0.39 is 17.8 Å². The number of nitrogens with one attached hydrogen (secondary N) is 2.